The van der Waals surface area contributed by atoms with E-state index in [1.54, 1.807) is 36.7 Å². The fourth-order valence-corrected chi connectivity index (χ4v) is 4.85. The quantitative estimate of drug-likeness (QED) is 0.550. The number of nitrogens with one attached hydrogen (secondary N) is 1. The van der Waals surface area contributed by atoms with Crippen LogP contribution in [0.5, 0.6) is 0 Å². The third-order valence-corrected chi connectivity index (χ3v) is 6.54. The van der Waals surface area contributed by atoms with Crippen LogP contribution in [0.1, 0.15) is 41.0 Å². The molecule has 0 aliphatic carbocycles. The van der Waals surface area contributed by atoms with Crippen molar-refractivity contribution in [2.75, 3.05) is 36.5 Å². The number of benzene rings is 2. The number of pyridine rings is 1. The Morgan fingerprint density at radius 1 is 1.00 bits per heavy atom. The third kappa shape index (κ3) is 4.25. The van der Waals surface area contributed by atoms with Crippen LogP contribution in [0, 0.1) is 5.92 Å². The topological polar surface area (TPSA) is 91.8 Å². The van der Waals surface area contributed by atoms with Gasteiger partial charge in [-0.15, -0.1) is 0 Å². The van der Waals surface area contributed by atoms with Crippen molar-refractivity contribution in [3.63, 3.8) is 0 Å². The number of imide groups is 1. The molecular formula is C27H28N4O4. The second-order valence-corrected chi connectivity index (χ2v) is 9.31. The summed E-state index contributed by atoms with van der Waals surface area (Å²) in [6, 6.07) is 11.6. The van der Waals surface area contributed by atoms with E-state index in [1.165, 1.54) is 0 Å². The third-order valence-electron chi connectivity index (χ3n) is 6.54. The summed E-state index contributed by atoms with van der Waals surface area (Å²) in [7, 11) is 0. The highest BCUT2D eigenvalue weighted by Crippen LogP contribution is 2.33. The van der Waals surface area contributed by atoms with Gasteiger partial charge in [0.2, 0.25) is 5.91 Å². The molecule has 180 valence electrons. The number of aromatic nitrogens is 1. The Balaban J connectivity index is 1.47. The van der Waals surface area contributed by atoms with E-state index in [0.29, 0.717) is 36.4 Å². The van der Waals surface area contributed by atoms with Crippen molar-refractivity contribution in [3.05, 3.63) is 66.0 Å². The van der Waals surface area contributed by atoms with Crippen molar-refractivity contribution in [1.82, 2.24) is 9.88 Å². The molecule has 0 radical (unpaired) electrons. The first-order chi connectivity index (χ1) is 17.0. The summed E-state index contributed by atoms with van der Waals surface area (Å²) < 4.78 is 5.49. The molecule has 8 heteroatoms. The molecule has 3 aromatic rings. The highest BCUT2D eigenvalue weighted by atomic mass is 16.5. The van der Waals surface area contributed by atoms with Gasteiger partial charge in [0.15, 0.2) is 0 Å². The lowest BCUT2D eigenvalue weighted by atomic mass is 10.0. The number of rotatable bonds is 6. The van der Waals surface area contributed by atoms with E-state index in [4.69, 9.17) is 4.74 Å². The summed E-state index contributed by atoms with van der Waals surface area (Å²) in [5.74, 6) is -1.16. The second-order valence-electron chi connectivity index (χ2n) is 9.31. The first-order valence-electron chi connectivity index (χ1n) is 11.9. The van der Waals surface area contributed by atoms with E-state index < -0.39 is 23.8 Å². The molecule has 0 saturated carbocycles. The van der Waals surface area contributed by atoms with Crippen molar-refractivity contribution < 1.29 is 19.1 Å². The molecule has 35 heavy (non-hydrogen) atoms. The smallest absolute Gasteiger partial charge is 0.262 e. The number of carbonyl (C=O) groups excluding carboxylic acids is 3. The maximum absolute atomic E-state index is 13.6. The predicted molar refractivity (Wildman–Crippen MR) is 134 cm³/mol. The van der Waals surface area contributed by atoms with Gasteiger partial charge >= 0.3 is 0 Å². The van der Waals surface area contributed by atoms with E-state index in [1.807, 2.05) is 32.0 Å². The molecular weight excluding hydrogens is 444 g/mol. The average molecular weight is 473 g/mol. The first kappa shape index (κ1) is 23.0. The van der Waals surface area contributed by atoms with Gasteiger partial charge in [0.25, 0.3) is 11.8 Å². The van der Waals surface area contributed by atoms with Crippen molar-refractivity contribution in [3.8, 4) is 0 Å². The number of hydrogen-bond acceptors (Lipinski definition) is 6. The Morgan fingerprint density at radius 2 is 1.69 bits per heavy atom. The van der Waals surface area contributed by atoms with Gasteiger partial charge in [-0.25, -0.2) is 0 Å². The molecule has 0 spiro atoms. The first-order valence-corrected chi connectivity index (χ1v) is 11.9. The Labute approximate surface area is 203 Å². The lowest BCUT2D eigenvalue weighted by Gasteiger charge is -2.30. The van der Waals surface area contributed by atoms with Crippen molar-refractivity contribution >= 4 is 39.9 Å². The van der Waals surface area contributed by atoms with Gasteiger partial charge in [0.05, 0.1) is 30.0 Å². The lowest BCUT2D eigenvalue weighted by Crippen LogP contribution is -2.48. The molecule has 0 bridgehead atoms. The molecule has 3 heterocycles. The minimum absolute atomic E-state index is 0.0946. The molecule has 2 aliphatic rings. The molecule has 1 saturated heterocycles. The van der Waals surface area contributed by atoms with Crippen LogP contribution in [0.3, 0.4) is 0 Å². The van der Waals surface area contributed by atoms with Crippen LogP contribution < -0.4 is 10.2 Å². The second kappa shape index (κ2) is 9.46. The minimum Gasteiger partial charge on any atom is -0.378 e. The maximum atomic E-state index is 13.6. The highest BCUT2D eigenvalue weighted by molar-refractivity contribution is 6.23. The number of morpholine rings is 1. The van der Waals surface area contributed by atoms with Gasteiger partial charge in [0, 0.05) is 41.9 Å². The van der Waals surface area contributed by atoms with Crippen LogP contribution in [0.2, 0.25) is 0 Å². The summed E-state index contributed by atoms with van der Waals surface area (Å²) in [4.78, 5) is 47.5. The summed E-state index contributed by atoms with van der Waals surface area (Å²) in [6.45, 7) is 6.85. The van der Waals surface area contributed by atoms with E-state index in [9.17, 15) is 14.4 Å². The molecule has 8 nitrogen and oxygen atoms in total. The summed E-state index contributed by atoms with van der Waals surface area (Å²) in [5, 5.41) is 4.77. The molecule has 1 fully saturated rings. The Morgan fingerprint density at radius 3 is 2.34 bits per heavy atom. The number of nitrogens with zero attached hydrogens (tertiary/aromatic N) is 3. The molecule has 1 N–H and O–H groups in total. The summed E-state index contributed by atoms with van der Waals surface area (Å²) in [5.41, 5.74) is 2.33. The molecule has 0 unspecified atom stereocenters. The molecule has 1 atom stereocenters. The van der Waals surface area contributed by atoms with E-state index in [2.05, 4.69) is 15.2 Å². The van der Waals surface area contributed by atoms with Crippen molar-refractivity contribution in [2.24, 2.45) is 5.92 Å². The number of fused-ring (bicyclic) bond motifs is 2. The Hall–Kier alpha value is -3.78. The normalized spacial score (nSPS) is 16.7. The maximum Gasteiger partial charge on any atom is 0.262 e. The Bertz CT molecular complexity index is 1260. The fraction of sp³-hybridized carbons (Fsp3) is 0.333. The zero-order valence-corrected chi connectivity index (χ0v) is 19.9. The van der Waals surface area contributed by atoms with E-state index >= 15 is 0 Å². The van der Waals surface area contributed by atoms with E-state index in [-0.39, 0.29) is 5.92 Å². The molecule has 2 aromatic carbocycles. The number of amides is 3. The van der Waals surface area contributed by atoms with Crippen LogP contribution in [-0.4, -0.2) is 60.0 Å². The van der Waals surface area contributed by atoms with Crippen LogP contribution in [0.15, 0.2) is 54.9 Å². The van der Waals surface area contributed by atoms with Crippen LogP contribution in [-0.2, 0) is 9.53 Å². The number of hydrogen-bond donors (Lipinski definition) is 1. The van der Waals surface area contributed by atoms with Crippen LogP contribution in [0.4, 0.5) is 11.4 Å². The van der Waals surface area contributed by atoms with Gasteiger partial charge < -0.3 is 15.0 Å². The van der Waals surface area contributed by atoms with Crippen LogP contribution in [0.25, 0.3) is 10.8 Å². The van der Waals surface area contributed by atoms with Crippen LogP contribution >= 0.6 is 0 Å². The lowest BCUT2D eigenvalue weighted by molar-refractivity contribution is -0.120. The predicted octanol–water partition coefficient (Wildman–Crippen LogP) is 3.72. The van der Waals surface area contributed by atoms with E-state index in [0.717, 1.165) is 34.4 Å². The van der Waals surface area contributed by atoms with Crippen molar-refractivity contribution in [1.29, 1.82) is 0 Å². The highest BCUT2D eigenvalue weighted by Gasteiger charge is 2.42. The molecule has 1 aromatic heterocycles. The van der Waals surface area contributed by atoms with Crippen molar-refractivity contribution in [2.45, 2.75) is 26.3 Å². The average Bonchev–Trinajstić information content (AvgIpc) is 3.13. The van der Waals surface area contributed by atoms with Gasteiger partial charge in [0.1, 0.15) is 6.04 Å². The summed E-state index contributed by atoms with van der Waals surface area (Å²) >= 11 is 0. The largest absolute Gasteiger partial charge is 0.378 e. The van der Waals surface area contributed by atoms with Gasteiger partial charge in [-0.2, -0.15) is 0 Å². The molecule has 2 aliphatic heterocycles. The molecule has 3 amide bonds. The van der Waals surface area contributed by atoms with Gasteiger partial charge in [-0.3, -0.25) is 24.3 Å². The summed E-state index contributed by atoms with van der Waals surface area (Å²) in [6.07, 6.45) is 3.83. The number of anilines is 2. The van der Waals surface area contributed by atoms with Gasteiger partial charge in [-0.1, -0.05) is 26.0 Å². The zero-order valence-electron chi connectivity index (χ0n) is 19.9. The number of ether oxygens (including phenoxy) is 1. The zero-order chi connectivity index (χ0) is 24.5. The number of carbonyl (C=O) groups is 3. The SMILES string of the molecule is CC(C)C[C@@H](C(=O)Nc1ccc(N2CCOCC2)c2ccncc12)N1C(=O)c2ccccc2C1=O. The van der Waals surface area contributed by atoms with Gasteiger partial charge in [-0.05, 0) is 42.7 Å². The fourth-order valence-electron chi connectivity index (χ4n) is 4.85. The monoisotopic (exact) mass is 472 g/mol. The minimum atomic E-state index is -0.923. The standard InChI is InChI=1S/C27H28N4O4/c1-17(2)15-24(31-26(33)19-5-3-4-6-20(19)27(31)34)25(32)29-22-7-8-23(30-11-13-35-14-12-30)18-9-10-28-16-21(18)22/h3-10,16-17,24H,11-15H2,1-2H3,(H,29,32)/t24-/m0/s1. The Kier molecular flexibility index (Phi) is 6.21. The molecule has 5 rings (SSSR count).